The van der Waals surface area contributed by atoms with Gasteiger partial charge in [0.1, 0.15) is 0 Å². The number of sulfonamides is 1. The maximum absolute atomic E-state index is 11.4. The molecule has 0 aromatic heterocycles. The highest BCUT2D eigenvalue weighted by Gasteiger charge is 2.06. The van der Waals surface area contributed by atoms with E-state index in [0.717, 1.165) is 11.4 Å². The largest absolute Gasteiger partial charge is 0.354 e. The summed E-state index contributed by atoms with van der Waals surface area (Å²) in [6.07, 6.45) is 0. The van der Waals surface area contributed by atoms with Gasteiger partial charge in [0.25, 0.3) is 0 Å². The van der Waals surface area contributed by atoms with Crippen LogP contribution in [0.5, 0.6) is 0 Å². The molecule has 0 spiro atoms. The van der Waals surface area contributed by atoms with Crippen molar-refractivity contribution in [1.29, 1.82) is 0 Å². The van der Waals surface area contributed by atoms with E-state index in [1.165, 1.54) is 0 Å². The minimum absolute atomic E-state index is 0.0482. The van der Waals surface area contributed by atoms with Gasteiger partial charge in [-0.05, 0) is 43.3 Å². The normalized spacial score (nSPS) is 11.1. The Morgan fingerprint density at radius 2 is 1.60 bits per heavy atom. The number of halogens is 1. The number of anilines is 3. The van der Waals surface area contributed by atoms with E-state index < -0.39 is 10.0 Å². The Kier molecular flexibility index (Phi) is 4.52. The van der Waals surface area contributed by atoms with E-state index in [-0.39, 0.29) is 5.75 Å². The number of rotatable bonds is 5. The van der Waals surface area contributed by atoms with Crippen LogP contribution in [-0.4, -0.2) is 14.2 Å². The molecule has 2 rings (SSSR count). The molecule has 0 atom stereocenters. The van der Waals surface area contributed by atoms with E-state index in [0.29, 0.717) is 10.7 Å². The SMILES string of the molecule is CCS(=O)(=O)Nc1ccc(Nc2ccccc2Cl)cc1. The van der Waals surface area contributed by atoms with Crippen LogP contribution < -0.4 is 10.0 Å². The number of hydrogen-bond donors (Lipinski definition) is 2. The van der Waals surface area contributed by atoms with Crippen LogP contribution in [-0.2, 0) is 10.0 Å². The number of nitrogens with one attached hydrogen (secondary N) is 2. The first-order chi connectivity index (χ1) is 9.50. The van der Waals surface area contributed by atoms with Crippen molar-refractivity contribution in [3.63, 3.8) is 0 Å². The standard InChI is InChI=1S/C14H15ClN2O2S/c1-2-20(18,19)17-12-9-7-11(8-10-12)16-14-6-4-3-5-13(14)15/h3-10,16-17H,2H2,1H3. The molecular formula is C14H15ClN2O2S. The second kappa shape index (κ2) is 6.15. The molecule has 2 N–H and O–H groups in total. The minimum atomic E-state index is -3.24. The Morgan fingerprint density at radius 1 is 1.00 bits per heavy atom. The Morgan fingerprint density at radius 3 is 2.20 bits per heavy atom. The van der Waals surface area contributed by atoms with Crippen molar-refractivity contribution in [3.8, 4) is 0 Å². The molecule has 6 heteroatoms. The number of hydrogen-bond acceptors (Lipinski definition) is 3. The van der Waals surface area contributed by atoms with E-state index in [9.17, 15) is 8.42 Å². The summed E-state index contributed by atoms with van der Waals surface area (Å²) in [5.74, 6) is 0.0482. The molecule has 106 valence electrons. The van der Waals surface area contributed by atoms with Crippen LogP contribution in [0.1, 0.15) is 6.92 Å². The van der Waals surface area contributed by atoms with Gasteiger partial charge in [-0.15, -0.1) is 0 Å². The van der Waals surface area contributed by atoms with Crippen LogP contribution in [0, 0.1) is 0 Å². The van der Waals surface area contributed by atoms with Crippen molar-refractivity contribution in [1.82, 2.24) is 0 Å². The molecule has 0 amide bonds. The van der Waals surface area contributed by atoms with Gasteiger partial charge in [0.15, 0.2) is 0 Å². The van der Waals surface area contributed by atoms with Crippen LogP contribution in [0.3, 0.4) is 0 Å². The summed E-state index contributed by atoms with van der Waals surface area (Å²) >= 11 is 6.06. The van der Waals surface area contributed by atoms with E-state index in [1.807, 2.05) is 18.2 Å². The lowest BCUT2D eigenvalue weighted by Gasteiger charge is -2.10. The average Bonchev–Trinajstić information content (AvgIpc) is 2.43. The highest BCUT2D eigenvalue weighted by Crippen LogP contribution is 2.25. The molecule has 2 aromatic carbocycles. The highest BCUT2D eigenvalue weighted by atomic mass is 35.5. The lowest BCUT2D eigenvalue weighted by molar-refractivity contribution is 0.602. The smallest absolute Gasteiger partial charge is 0.232 e. The molecule has 0 radical (unpaired) electrons. The van der Waals surface area contributed by atoms with Gasteiger partial charge >= 0.3 is 0 Å². The summed E-state index contributed by atoms with van der Waals surface area (Å²) in [6, 6.07) is 14.4. The van der Waals surface area contributed by atoms with E-state index in [2.05, 4.69) is 10.0 Å². The first kappa shape index (κ1) is 14.7. The summed E-state index contributed by atoms with van der Waals surface area (Å²) in [4.78, 5) is 0. The van der Waals surface area contributed by atoms with Gasteiger partial charge in [0.2, 0.25) is 10.0 Å². The fourth-order valence-corrected chi connectivity index (χ4v) is 2.41. The van der Waals surface area contributed by atoms with Crippen LogP contribution in [0.2, 0.25) is 5.02 Å². The van der Waals surface area contributed by atoms with Crippen molar-refractivity contribution < 1.29 is 8.42 Å². The monoisotopic (exact) mass is 310 g/mol. The fraction of sp³-hybridized carbons (Fsp3) is 0.143. The summed E-state index contributed by atoms with van der Waals surface area (Å²) in [5, 5.41) is 3.80. The topological polar surface area (TPSA) is 58.2 Å². The Balaban J connectivity index is 2.11. The average molecular weight is 311 g/mol. The molecule has 0 saturated carbocycles. The molecule has 0 bridgehead atoms. The zero-order valence-corrected chi connectivity index (χ0v) is 12.5. The number of para-hydroxylation sites is 1. The van der Waals surface area contributed by atoms with Gasteiger partial charge in [0.05, 0.1) is 16.5 Å². The Bertz CT molecular complexity index is 685. The summed E-state index contributed by atoms with van der Waals surface area (Å²) in [7, 11) is -3.24. The zero-order valence-electron chi connectivity index (χ0n) is 10.9. The zero-order chi connectivity index (χ0) is 14.6. The molecule has 0 aliphatic carbocycles. The van der Waals surface area contributed by atoms with Gasteiger partial charge in [-0.3, -0.25) is 4.72 Å². The van der Waals surface area contributed by atoms with Gasteiger partial charge in [0, 0.05) is 11.4 Å². The van der Waals surface area contributed by atoms with Crippen molar-refractivity contribution in [2.45, 2.75) is 6.92 Å². The molecule has 0 unspecified atom stereocenters. The van der Waals surface area contributed by atoms with Crippen LogP contribution in [0.4, 0.5) is 17.1 Å². The molecule has 0 heterocycles. The summed E-state index contributed by atoms with van der Waals surface area (Å²) in [5.41, 5.74) is 2.17. The van der Waals surface area contributed by atoms with Crippen LogP contribution in [0.25, 0.3) is 0 Å². The first-order valence-corrected chi connectivity index (χ1v) is 8.15. The second-order valence-electron chi connectivity index (χ2n) is 4.19. The molecular weight excluding hydrogens is 296 g/mol. The predicted octanol–water partition coefficient (Wildman–Crippen LogP) is 3.85. The van der Waals surface area contributed by atoms with Crippen LogP contribution >= 0.6 is 11.6 Å². The van der Waals surface area contributed by atoms with Crippen LogP contribution in [0.15, 0.2) is 48.5 Å². The lowest BCUT2D eigenvalue weighted by atomic mass is 10.2. The highest BCUT2D eigenvalue weighted by molar-refractivity contribution is 7.92. The number of benzene rings is 2. The van der Waals surface area contributed by atoms with Crippen molar-refractivity contribution >= 4 is 38.7 Å². The Hall–Kier alpha value is -1.72. The third kappa shape index (κ3) is 3.88. The predicted molar refractivity (Wildman–Crippen MR) is 84.3 cm³/mol. The maximum Gasteiger partial charge on any atom is 0.232 e. The van der Waals surface area contributed by atoms with Gasteiger partial charge in [-0.2, -0.15) is 0 Å². The fourth-order valence-electron chi connectivity index (χ4n) is 1.59. The molecule has 2 aromatic rings. The molecule has 20 heavy (non-hydrogen) atoms. The lowest BCUT2D eigenvalue weighted by Crippen LogP contribution is -2.14. The third-order valence-corrected chi connectivity index (χ3v) is 4.33. The molecule has 0 aliphatic heterocycles. The summed E-state index contributed by atoms with van der Waals surface area (Å²) in [6.45, 7) is 1.59. The second-order valence-corrected chi connectivity index (χ2v) is 6.61. The molecule has 4 nitrogen and oxygen atoms in total. The van der Waals surface area contributed by atoms with Crippen molar-refractivity contribution in [2.24, 2.45) is 0 Å². The van der Waals surface area contributed by atoms with E-state index >= 15 is 0 Å². The van der Waals surface area contributed by atoms with Gasteiger partial charge in [-0.1, -0.05) is 23.7 Å². The third-order valence-electron chi connectivity index (χ3n) is 2.69. The van der Waals surface area contributed by atoms with Gasteiger partial charge < -0.3 is 5.32 Å². The molecule has 0 aliphatic rings. The molecule has 0 fully saturated rings. The van der Waals surface area contributed by atoms with E-state index in [4.69, 9.17) is 11.6 Å². The van der Waals surface area contributed by atoms with Crippen molar-refractivity contribution in [2.75, 3.05) is 15.8 Å². The maximum atomic E-state index is 11.4. The first-order valence-electron chi connectivity index (χ1n) is 6.12. The quantitative estimate of drug-likeness (QED) is 0.882. The minimum Gasteiger partial charge on any atom is -0.354 e. The van der Waals surface area contributed by atoms with Crippen molar-refractivity contribution in [3.05, 3.63) is 53.6 Å². The van der Waals surface area contributed by atoms with Gasteiger partial charge in [-0.25, -0.2) is 8.42 Å². The molecule has 0 saturated heterocycles. The summed E-state index contributed by atoms with van der Waals surface area (Å²) < 4.78 is 25.4. The van der Waals surface area contributed by atoms with E-state index in [1.54, 1.807) is 37.3 Å². The Labute approximate surface area is 123 Å².